The van der Waals surface area contributed by atoms with Crippen molar-refractivity contribution < 1.29 is 0 Å². The normalized spacial score (nSPS) is 12.3. The molecule has 0 fully saturated rings. The third-order valence-electron chi connectivity index (χ3n) is 8.86. The summed E-state index contributed by atoms with van der Waals surface area (Å²) in [5.41, 5.74) is 10.4. The Balaban J connectivity index is 1.25. The van der Waals surface area contributed by atoms with E-state index in [9.17, 15) is 0 Å². The van der Waals surface area contributed by atoms with Gasteiger partial charge in [-0.1, -0.05) is 137 Å². The van der Waals surface area contributed by atoms with Crippen LogP contribution in [0.1, 0.15) is 0 Å². The number of para-hydroxylation sites is 5. The monoisotopic (exact) mass is 666 g/mol. The summed E-state index contributed by atoms with van der Waals surface area (Å²) in [4.78, 5) is 15.1. The van der Waals surface area contributed by atoms with E-state index < -0.39 is 0 Å². The Morgan fingerprint density at radius 3 is 1.64 bits per heavy atom. The molecule has 0 radical (unpaired) electrons. The molecule has 9 rings (SSSR count). The lowest BCUT2D eigenvalue weighted by molar-refractivity contribution is 1.08. The smallest absolute Gasteiger partial charge is 0.235 e. The van der Waals surface area contributed by atoms with Crippen molar-refractivity contribution >= 4 is 72.0 Å². The Labute approximate surface area is 281 Å². The first-order valence-electron chi connectivity index (χ1n) is 15.6. The minimum atomic E-state index is 0.629. The van der Waals surface area contributed by atoms with Crippen molar-refractivity contribution in [2.24, 2.45) is 0 Å². The molecule has 222 valence electrons. The van der Waals surface area contributed by atoms with Gasteiger partial charge in [-0.25, -0.2) is 9.97 Å². The average molecular weight is 668 g/mol. The van der Waals surface area contributed by atoms with Crippen molar-refractivity contribution in [1.82, 2.24) is 9.97 Å². The average Bonchev–Trinajstić information content (AvgIpc) is 3.14. The molecule has 1 aliphatic heterocycles. The number of nitrogens with zero attached hydrogens (tertiary/aromatic N) is 4. The molecule has 5 heteroatoms. The molecular weight excluding hydrogens is 640 g/mol. The molecule has 0 saturated heterocycles. The number of rotatable bonds is 4. The summed E-state index contributed by atoms with van der Waals surface area (Å²) in [6, 6.07) is 57.3. The van der Waals surface area contributed by atoms with Gasteiger partial charge in [-0.3, -0.25) is 4.90 Å². The topological polar surface area (TPSA) is 32.3 Å². The van der Waals surface area contributed by atoms with E-state index in [-0.39, 0.29) is 0 Å². The molecule has 0 aliphatic carbocycles. The first kappa shape index (κ1) is 27.5. The summed E-state index contributed by atoms with van der Waals surface area (Å²) in [5, 5.41) is 3.36. The summed E-state index contributed by atoms with van der Waals surface area (Å²) in [6.07, 6.45) is 0. The van der Waals surface area contributed by atoms with E-state index in [0.29, 0.717) is 5.95 Å². The lowest BCUT2D eigenvalue weighted by Crippen LogP contribution is -2.25. The first-order chi connectivity index (χ1) is 23.2. The van der Waals surface area contributed by atoms with Crippen LogP contribution in [-0.4, -0.2) is 9.97 Å². The molecular formula is C42H27BrN4. The number of anilines is 6. The molecule has 8 aromatic rings. The molecule has 7 aromatic carbocycles. The van der Waals surface area contributed by atoms with Crippen LogP contribution in [0.5, 0.6) is 0 Å². The fourth-order valence-corrected chi connectivity index (χ4v) is 7.30. The van der Waals surface area contributed by atoms with Gasteiger partial charge in [0.1, 0.15) is 0 Å². The maximum Gasteiger partial charge on any atom is 0.235 e. The highest BCUT2D eigenvalue weighted by Gasteiger charge is 2.32. The van der Waals surface area contributed by atoms with Gasteiger partial charge in [0.2, 0.25) is 5.95 Å². The predicted molar refractivity (Wildman–Crippen MR) is 199 cm³/mol. The van der Waals surface area contributed by atoms with Crippen molar-refractivity contribution in [3.8, 4) is 22.4 Å². The maximum atomic E-state index is 5.35. The number of hydrogen-bond acceptors (Lipinski definition) is 4. The van der Waals surface area contributed by atoms with E-state index in [1.54, 1.807) is 0 Å². The molecule has 0 amide bonds. The fraction of sp³-hybridized carbons (Fsp3) is 0. The van der Waals surface area contributed by atoms with Crippen LogP contribution in [0.3, 0.4) is 0 Å². The summed E-state index contributed by atoms with van der Waals surface area (Å²) in [5.74, 6) is 0.629. The minimum absolute atomic E-state index is 0.629. The molecule has 0 N–H and O–H groups in total. The highest BCUT2D eigenvalue weighted by molar-refractivity contribution is 9.10. The van der Waals surface area contributed by atoms with Crippen LogP contribution < -0.4 is 9.80 Å². The Morgan fingerprint density at radius 1 is 0.404 bits per heavy atom. The second kappa shape index (κ2) is 11.2. The lowest BCUT2D eigenvalue weighted by atomic mass is 10.0. The van der Waals surface area contributed by atoms with Gasteiger partial charge in [0.05, 0.1) is 39.6 Å². The lowest BCUT2D eigenvalue weighted by Gasteiger charge is -2.39. The van der Waals surface area contributed by atoms with Gasteiger partial charge in [0, 0.05) is 20.8 Å². The SMILES string of the molecule is Brc1cccc2cccc(N3c4ccccc4N(c4nc(-c5ccc(-c6ccccc6)cc5)c5ccccc5n4)c4ccccc43)c12. The Kier molecular flexibility index (Phi) is 6.58. The van der Waals surface area contributed by atoms with Crippen molar-refractivity contribution in [3.63, 3.8) is 0 Å². The maximum absolute atomic E-state index is 5.35. The van der Waals surface area contributed by atoms with Crippen molar-refractivity contribution in [2.75, 3.05) is 9.80 Å². The predicted octanol–water partition coefficient (Wildman–Crippen LogP) is 12.1. The van der Waals surface area contributed by atoms with Crippen LogP contribution in [0.4, 0.5) is 34.4 Å². The van der Waals surface area contributed by atoms with Crippen molar-refractivity contribution in [1.29, 1.82) is 0 Å². The fourth-order valence-electron chi connectivity index (χ4n) is 6.72. The van der Waals surface area contributed by atoms with Gasteiger partial charge in [-0.15, -0.1) is 0 Å². The number of hydrogen-bond donors (Lipinski definition) is 0. The zero-order valence-corrected chi connectivity index (χ0v) is 26.8. The zero-order valence-electron chi connectivity index (χ0n) is 25.3. The third kappa shape index (κ3) is 4.58. The molecule has 1 aliphatic rings. The van der Waals surface area contributed by atoms with E-state index in [2.05, 4.69) is 177 Å². The second-order valence-corrected chi connectivity index (χ2v) is 12.5. The summed E-state index contributed by atoms with van der Waals surface area (Å²) in [7, 11) is 0. The largest absolute Gasteiger partial charge is 0.306 e. The number of benzene rings is 7. The second-order valence-electron chi connectivity index (χ2n) is 11.6. The van der Waals surface area contributed by atoms with Crippen LogP contribution in [0.15, 0.2) is 168 Å². The third-order valence-corrected chi connectivity index (χ3v) is 9.52. The summed E-state index contributed by atoms with van der Waals surface area (Å²) < 4.78 is 1.06. The highest BCUT2D eigenvalue weighted by atomic mass is 79.9. The number of fused-ring (bicyclic) bond motifs is 4. The van der Waals surface area contributed by atoms with E-state index in [4.69, 9.17) is 9.97 Å². The summed E-state index contributed by atoms with van der Waals surface area (Å²) >= 11 is 3.86. The molecule has 1 aromatic heterocycles. The van der Waals surface area contributed by atoms with E-state index in [1.165, 1.54) is 16.5 Å². The summed E-state index contributed by atoms with van der Waals surface area (Å²) in [6.45, 7) is 0. The van der Waals surface area contributed by atoms with E-state index >= 15 is 0 Å². The Bertz CT molecular complexity index is 2390. The van der Waals surface area contributed by atoms with Gasteiger partial charge < -0.3 is 4.90 Å². The molecule has 0 saturated carbocycles. The molecule has 0 bridgehead atoms. The van der Waals surface area contributed by atoms with Gasteiger partial charge in [-0.2, -0.15) is 0 Å². The Morgan fingerprint density at radius 2 is 0.936 bits per heavy atom. The highest BCUT2D eigenvalue weighted by Crippen LogP contribution is 2.55. The number of halogens is 1. The number of aromatic nitrogens is 2. The van der Waals surface area contributed by atoms with Crippen LogP contribution in [0.2, 0.25) is 0 Å². The van der Waals surface area contributed by atoms with Crippen LogP contribution in [-0.2, 0) is 0 Å². The van der Waals surface area contributed by atoms with Crippen LogP contribution >= 0.6 is 15.9 Å². The molecule has 2 heterocycles. The van der Waals surface area contributed by atoms with Crippen LogP contribution in [0.25, 0.3) is 44.1 Å². The van der Waals surface area contributed by atoms with Gasteiger partial charge in [0.25, 0.3) is 0 Å². The molecule has 47 heavy (non-hydrogen) atoms. The molecule has 4 nitrogen and oxygen atoms in total. The standard InChI is InChI=1S/C42H27BrN4/c43-33-17-10-14-30-15-11-23-39(40(30)33)46-35-19-6-8-21-37(35)47(38-22-9-7-20-36(38)46)42-44-34-18-5-4-16-32(34)41(45-42)31-26-24-29(25-27-31)28-12-2-1-3-13-28/h1-27H. The van der Waals surface area contributed by atoms with Gasteiger partial charge in [0.15, 0.2) is 0 Å². The molecule has 0 atom stereocenters. The van der Waals surface area contributed by atoms with Crippen molar-refractivity contribution in [2.45, 2.75) is 0 Å². The molecule has 0 spiro atoms. The van der Waals surface area contributed by atoms with Crippen LogP contribution in [0, 0.1) is 0 Å². The zero-order chi connectivity index (χ0) is 31.3. The van der Waals surface area contributed by atoms with E-state index in [1.807, 2.05) is 12.1 Å². The van der Waals surface area contributed by atoms with Gasteiger partial charge in [-0.05, 0) is 59.0 Å². The van der Waals surface area contributed by atoms with E-state index in [0.717, 1.165) is 60.5 Å². The minimum Gasteiger partial charge on any atom is -0.306 e. The van der Waals surface area contributed by atoms with Gasteiger partial charge >= 0.3 is 0 Å². The van der Waals surface area contributed by atoms with Crippen molar-refractivity contribution in [3.05, 3.63) is 168 Å². The Hall–Kier alpha value is -5.78. The first-order valence-corrected chi connectivity index (χ1v) is 16.4. The quantitative estimate of drug-likeness (QED) is 0.187. The molecule has 0 unspecified atom stereocenters.